The summed E-state index contributed by atoms with van der Waals surface area (Å²) in [5.41, 5.74) is 0.578. The van der Waals surface area contributed by atoms with Crippen molar-refractivity contribution in [3.8, 4) is 5.75 Å². The molecule has 102 valence electrons. The molecule has 1 atom stereocenters. The normalized spacial score (nSPS) is 12.6. The molecule has 2 nitrogen and oxygen atoms in total. The van der Waals surface area contributed by atoms with E-state index in [2.05, 4.69) is 17.0 Å². The molecule has 0 aliphatic carbocycles. The molecule has 1 aromatic carbocycles. The van der Waals surface area contributed by atoms with Crippen LogP contribution in [-0.4, -0.2) is 12.7 Å². The molecule has 1 N–H and O–H groups in total. The van der Waals surface area contributed by atoms with Gasteiger partial charge in [-0.3, -0.25) is 0 Å². The number of nitrogens with one attached hydrogen (secondary N) is 1. The lowest BCUT2D eigenvalue weighted by atomic mass is 10.1. The first kappa shape index (κ1) is 14.7. The van der Waals surface area contributed by atoms with E-state index in [0.717, 1.165) is 19.3 Å². The Morgan fingerprint density at radius 3 is 2.50 bits per heavy atom. The van der Waals surface area contributed by atoms with Crippen LogP contribution in [0.25, 0.3) is 0 Å². The summed E-state index contributed by atoms with van der Waals surface area (Å²) in [5, 5.41) is 3.17. The Bertz CT molecular complexity index is 371. The van der Waals surface area contributed by atoms with E-state index in [1.54, 1.807) is 6.07 Å². The maximum absolute atomic E-state index is 13.5. The van der Waals surface area contributed by atoms with Crippen LogP contribution in [0, 0.1) is 5.82 Å². The van der Waals surface area contributed by atoms with Gasteiger partial charge in [-0.05, 0) is 25.0 Å². The highest BCUT2D eigenvalue weighted by molar-refractivity contribution is 5.48. The molecule has 1 unspecified atom stereocenters. The van der Waals surface area contributed by atoms with Crippen LogP contribution < -0.4 is 10.1 Å². The van der Waals surface area contributed by atoms with Crippen molar-refractivity contribution < 1.29 is 17.9 Å². The van der Waals surface area contributed by atoms with Gasteiger partial charge in [0, 0.05) is 17.8 Å². The van der Waals surface area contributed by atoms with Crippen molar-refractivity contribution in [2.45, 2.75) is 45.8 Å². The number of hydrogen-bond donors (Lipinski definition) is 1. The lowest BCUT2D eigenvalue weighted by Gasteiger charge is -2.18. The van der Waals surface area contributed by atoms with Gasteiger partial charge in [-0.15, -0.1) is 0 Å². The topological polar surface area (TPSA) is 21.3 Å². The van der Waals surface area contributed by atoms with Gasteiger partial charge in [0.2, 0.25) is 0 Å². The van der Waals surface area contributed by atoms with Gasteiger partial charge in [-0.25, -0.2) is 4.39 Å². The maximum atomic E-state index is 13.5. The molecule has 1 aromatic rings. The molecule has 0 aliphatic rings. The maximum Gasteiger partial charge on any atom is 0.387 e. The third-order valence-corrected chi connectivity index (χ3v) is 2.65. The summed E-state index contributed by atoms with van der Waals surface area (Å²) >= 11 is 0. The van der Waals surface area contributed by atoms with Gasteiger partial charge in [0.25, 0.3) is 0 Å². The van der Waals surface area contributed by atoms with Crippen molar-refractivity contribution in [3.05, 3.63) is 24.0 Å². The molecule has 0 saturated carbocycles. The summed E-state index contributed by atoms with van der Waals surface area (Å²) < 4.78 is 41.4. The fourth-order valence-electron chi connectivity index (χ4n) is 1.74. The van der Waals surface area contributed by atoms with Crippen LogP contribution in [0.15, 0.2) is 18.2 Å². The second-order valence-electron chi connectivity index (χ2n) is 4.06. The minimum atomic E-state index is -3.01. The summed E-state index contributed by atoms with van der Waals surface area (Å²) in [7, 11) is 0. The Morgan fingerprint density at radius 2 is 2.00 bits per heavy atom. The van der Waals surface area contributed by atoms with E-state index in [1.165, 1.54) is 12.1 Å². The number of benzene rings is 1. The quantitative estimate of drug-likeness (QED) is 0.784. The van der Waals surface area contributed by atoms with Crippen LogP contribution in [0.2, 0.25) is 0 Å². The van der Waals surface area contributed by atoms with Crippen LogP contribution >= 0.6 is 0 Å². The van der Waals surface area contributed by atoms with Crippen molar-refractivity contribution in [1.82, 2.24) is 0 Å². The van der Waals surface area contributed by atoms with Crippen LogP contribution in [0.5, 0.6) is 5.75 Å². The molecule has 0 amide bonds. The van der Waals surface area contributed by atoms with Crippen LogP contribution in [-0.2, 0) is 0 Å². The van der Waals surface area contributed by atoms with Crippen LogP contribution in [0.1, 0.15) is 33.1 Å². The molecule has 0 spiro atoms. The van der Waals surface area contributed by atoms with Crippen molar-refractivity contribution in [2.24, 2.45) is 0 Å². The summed E-state index contributed by atoms with van der Waals surface area (Å²) in [6.07, 6.45) is 2.93. The van der Waals surface area contributed by atoms with E-state index in [9.17, 15) is 13.2 Å². The highest BCUT2D eigenvalue weighted by Crippen LogP contribution is 2.23. The van der Waals surface area contributed by atoms with E-state index in [-0.39, 0.29) is 6.04 Å². The first-order chi connectivity index (χ1) is 8.56. The minimum absolute atomic E-state index is 0.260. The third kappa shape index (κ3) is 4.47. The van der Waals surface area contributed by atoms with Crippen LogP contribution in [0.4, 0.5) is 18.9 Å². The molecule has 0 aromatic heterocycles. The largest absolute Gasteiger partial charge is 0.432 e. The van der Waals surface area contributed by atoms with E-state index in [0.29, 0.717) is 5.69 Å². The highest BCUT2D eigenvalue weighted by Gasteiger charge is 2.11. The van der Waals surface area contributed by atoms with Crippen molar-refractivity contribution in [3.63, 3.8) is 0 Å². The Labute approximate surface area is 105 Å². The molecule has 0 heterocycles. The fourth-order valence-corrected chi connectivity index (χ4v) is 1.74. The van der Waals surface area contributed by atoms with E-state index in [1.807, 2.05) is 6.92 Å². The molecule has 0 bridgehead atoms. The summed E-state index contributed by atoms with van der Waals surface area (Å²) in [4.78, 5) is 0. The van der Waals surface area contributed by atoms with Crippen molar-refractivity contribution in [1.29, 1.82) is 0 Å². The van der Waals surface area contributed by atoms with E-state index < -0.39 is 18.2 Å². The van der Waals surface area contributed by atoms with Gasteiger partial charge in [-0.2, -0.15) is 8.78 Å². The first-order valence-electron chi connectivity index (χ1n) is 6.07. The van der Waals surface area contributed by atoms with E-state index in [4.69, 9.17) is 0 Å². The Balaban J connectivity index is 2.71. The lowest BCUT2D eigenvalue weighted by Crippen LogP contribution is -2.18. The number of alkyl halides is 2. The molecule has 18 heavy (non-hydrogen) atoms. The Morgan fingerprint density at radius 1 is 1.28 bits per heavy atom. The average Bonchev–Trinajstić information content (AvgIpc) is 2.31. The molecular weight excluding hydrogens is 243 g/mol. The number of rotatable bonds is 7. The SMILES string of the molecule is CCCC(CC)Nc1ccc(OC(F)F)c(F)c1. The molecule has 0 radical (unpaired) electrons. The number of hydrogen-bond acceptors (Lipinski definition) is 2. The lowest BCUT2D eigenvalue weighted by molar-refractivity contribution is -0.0521. The fraction of sp³-hybridized carbons (Fsp3) is 0.538. The predicted molar refractivity (Wildman–Crippen MR) is 65.6 cm³/mol. The summed E-state index contributed by atoms with van der Waals surface area (Å²) in [5.74, 6) is -1.22. The first-order valence-corrected chi connectivity index (χ1v) is 6.07. The minimum Gasteiger partial charge on any atom is -0.432 e. The molecular formula is C13H18F3NO. The third-order valence-electron chi connectivity index (χ3n) is 2.65. The second-order valence-corrected chi connectivity index (χ2v) is 4.06. The molecule has 0 saturated heterocycles. The van der Waals surface area contributed by atoms with Gasteiger partial charge in [0.15, 0.2) is 11.6 Å². The number of halogens is 3. The highest BCUT2D eigenvalue weighted by atomic mass is 19.3. The molecule has 0 fully saturated rings. The molecule has 0 aliphatic heterocycles. The smallest absolute Gasteiger partial charge is 0.387 e. The standard InChI is InChI=1S/C13H18F3NO/c1-3-5-9(4-2)17-10-6-7-12(11(14)8-10)18-13(15)16/h6-9,13,17H,3-5H2,1-2H3. The van der Waals surface area contributed by atoms with E-state index >= 15 is 0 Å². The predicted octanol–water partition coefficient (Wildman–Crippen LogP) is 4.42. The number of ether oxygens (including phenoxy) is 1. The second kappa shape index (κ2) is 7.13. The monoisotopic (exact) mass is 261 g/mol. The number of anilines is 1. The average molecular weight is 261 g/mol. The van der Waals surface area contributed by atoms with Gasteiger partial charge < -0.3 is 10.1 Å². The Hall–Kier alpha value is -1.39. The van der Waals surface area contributed by atoms with Gasteiger partial charge in [0.05, 0.1) is 0 Å². The summed E-state index contributed by atoms with van der Waals surface area (Å²) in [6, 6.07) is 4.19. The zero-order valence-electron chi connectivity index (χ0n) is 10.6. The van der Waals surface area contributed by atoms with Gasteiger partial charge >= 0.3 is 6.61 Å². The van der Waals surface area contributed by atoms with Crippen molar-refractivity contribution in [2.75, 3.05) is 5.32 Å². The van der Waals surface area contributed by atoms with Crippen molar-refractivity contribution >= 4 is 5.69 Å². The molecule has 1 rings (SSSR count). The van der Waals surface area contributed by atoms with Crippen LogP contribution in [0.3, 0.4) is 0 Å². The summed E-state index contributed by atoms with van der Waals surface area (Å²) in [6.45, 7) is 1.10. The van der Waals surface area contributed by atoms with Gasteiger partial charge in [0.1, 0.15) is 0 Å². The molecule has 5 heteroatoms. The zero-order chi connectivity index (χ0) is 13.5. The van der Waals surface area contributed by atoms with Gasteiger partial charge in [-0.1, -0.05) is 20.3 Å². The zero-order valence-corrected chi connectivity index (χ0v) is 10.6. The Kier molecular flexibility index (Phi) is 5.82.